The largest absolute Gasteiger partial charge is 0.375 e. The molecule has 6 nitrogen and oxygen atoms in total. The lowest BCUT2D eigenvalue weighted by Gasteiger charge is -2.32. The van der Waals surface area contributed by atoms with Crippen LogP contribution in [-0.4, -0.2) is 51.6 Å². The van der Waals surface area contributed by atoms with E-state index in [1.807, 2.05) is 41.3 Å². The maximum absolute atomic E-state index is 12.8. The zero-order valence-corrected chi connectivity index (χ0v) is 13.9. The molecule has 2 aromatic heterocycles. The van der Waals surface area contributed by atoms with Gasteiger partial charge in [0, 0.05) is 35.9 Å². The van der Waals surface area contributed by atoms with Crippen LogP contribution >= 0.6 is 0 Å². The Morgan fingerprint density at radius 2 is 2.24 bits per heavy atom. The van der Waals surface area contributed by atoms with Crippen LogP contribution in [0.4, 0.5) is 0 Å². The number of nitrogens with one attached hydrogen (secondary N) is 1. The van der Waals surface area contributed by atoms with Gasteiger partial charge in [0.25, 0.3) is 5.91 Å². The second kappa shape index (κ2) is 7.03. The number of hydrogen-bond donors (Lipinski definition) is 1. The maximum Gasteiger partial charge on any atom is 0.270 e. The lowest BCUT2D eigenvalue weighted by molar-refractivity contribution is -0.0248. The fraction of sp³-hybridized carbons (Fsp3) is 0.316. The monoisotopic (exact) mass is 336 g/mol. The fourth-order valence-electron chi connectivity index (χ4n) is 3.21. The molecule has 3 aromatic rings. The summed E-state index contributed by atoms with van der Waals surface area (Å²) in [6.07, 6.45) is 5.00. The van der Waals surface area contributed by atoms with Crippen LogP contribution in [0.15, 0.2) is 48.9 Å². The third-order valence-corrected chi connectivity index (χ3v) is 4.55. The van der Waals surface area contributed by atoms with Crippen molar-refractivity contribution < 1.29 is 9.53 Å². The van der Waals surface area contributed by atoms with Gasteiger partial charge in [-0.25, -0.2) is 9.97 Å². The molecule has 0 saturated carbocycles. The third kappa shape index (κ3) is 3.53. The number of morpholine rings is 1. The molecule has 1 unspecified atom stereocenters. The van der Waals surface area contributed by atoms with Gasteiger partial charge >= 0.3 is 0 Å². The van der Waals surface area contributed by atoms with Crippen molar-refractivity contribution in [3.8, 4) is 0 Å². The van der Waals surface area contributed by atoms with Crippen molar-refractivity contribution in [1.29, 1.82) is 0 Å². The van der Waals surface area contributed by atoms with Crippen molar-refractivity contribution in [1.82, 2.24) is 19.9 Å². The smallest absolute Gasteiger partial charge is 0.270 e. The summed E-state index contributed by atoms with van der Waals surface area (Å²) in [5.41, 5.74) is 2.62. The fourth-order valence-corrected chi connectivity index (χ4v) is 3.21. The maximum atomic E-state index is 12.8. The van der Waals surface area contributed by atoms with Gasteiger partial charge in [0.05, 0.1) is 12.7 Å². The van der Waals surface area contributed by atoms with Gasteiger partial charge in [0.2, 0.25) is 0 Å². The van der Waals surface area contributed by atoms with Crippen LogP contribution in [0.25, 0.3) is 10.9 Å². The van der Waals surface area contributed by atoms with E-state index in [1.165, 1.54) is 0 Å². The molecule has 3 heterocycles. The Morgan fingerprint density at radius 3 is 3.08 bits per heavy atom. The average molecular weight is 336 g/mol. The van der Waals surface area contributed by atoms with E-state index in [0.29, 0.717) is 25.4 Å². The Bertz CT molecular complexity index is 829. The van der Waals surface area contributed by atoms with E-state index in [9.17, 15) is 4.79 Å². The van der Waals surface area contributed by atoms with Gasteiger partial charge in [0.15, 0.2) is 0 Å². The molecule has 0 bridgehead atoms. The number of carbonyl (C=O) groups is 1. The number of carbonyl (C=O) groups excluding carboxylic acids is 1. The number of nitrogens with zero attached hydrogens (tertiary/aromatic N) is 3. The van der Waals surface area contributed by atoms with Gasteiger partial charge in [-0.3, -0.25) is 4.79 Å². The minimum Gasteiger partial charge on any atom is -0.375 e. The summed E-state index contributed by atoms with van der Waals surface area (Å²) in [6, 6.07) is 11.8. The highest BCUT2D eigenvalue weighted by molar-refractivity contribution is 5.98. The van der Waals surface area contributed by atoms with E-state index in [2.05, 4.69) is 15.0 Å². The molecule has 0 aliphatic carbocycles. The standard InChI is InChI=1S/C19H20N4O2/c24-19(18-11-14-3-1-2-4-17(14)22-18)23-9-10-25-16(12-23)6-5-15-7-8-20-13-21-15/h1-4,7-8,11,13,16,22H,5-6,9-10,12H2. The van der Waals surface area contributed by atoms with Crippen LogP contribution in [0.3, 0.4) is 0 Å². The first-order valence-corrected chi connectivity index (χ1v) is 8.53. The second-order valence-electron chi connectivity index (χ2n) is 6.25. The van der Waals surface area contributed by atoms with Crippen LogP contribution in [0.2, 0.25) is 0 Å². The lowest BCUT2D eigenvalue weighted by atomic mass is 10.1. The Balaban J connectivity index is 1.40. The number of H-pyrrole nitrogens is 1. The Morgan fingerprint density at radius 1 is 1.32 bits per heavy atom. The number of aromatic amines is 1. The van der Waals surface area contributed by atoms with Crippen LogP contribution < -0.4 is 0 Å². The van der Waals surface area contributed by atoms with Gasteiger partial charge in [0.1, 0.15) is 12.0 Å². The van der Waals surface area contributed by atoms with Gasteiger partial charge in [-0.15, -0.1) is 0 Å². The highest BCUT2D eigenvalue weighted by atomic mass is 16.5. The SMILES string of the molecule is O=C(c1cc2ccccc2[nH]1)N1CCOC(CCc2ccncn2)C1. The first-order valence-electron chi connectivity index (χ1n) is 8.53. The number of hydrogen-bond acceptors (Lipinski definition) is 4. The van der Waals surface area contributed by atoms with Crippen molar-refractivity contribution in [2.45, 2.75) is 18.9 Å². The van der Waals surface area contributed by atoms with Crippen LogP contribution in [0.5, 0.6) is 0 Å². The Hall–Kier alpha value is -2.73. The molecule has 1 aromatic carbocycles. The van der Waals surface area contributed by atoms with Gasteiger partial charge in [-0.2, -0.15) is 0 Å². The van der Waals surface area contributed by atoms with Gasteiger partial charge in [-0.05, 0) is 31.0 Å². The zero-order valence-electron chi connectivity index (χ0n) is 13.9. The number of para-hydroxylation sites is 1. The minimum absolute atomic E-state index is 0.0338. The molecule has 1 aliphatic rings. The third-order valence-electron chi connectivity index (χ3n) is 4.55. The second-order valence-corrected chi connectivity index (χ2v) is 6.25. The minimum atomic E-state index is 0.0338. The number of aryl methyl sites for hydroxylation is 1. The highest BCUT2D eigenvalue weighted by Crippen LogP contribution is 2.18. The summed E-state index contributed by atoms with van der Waals surface area (Å²) in [7, 11) is 0. The van der Waals surface area contributed by atoms with Crippen LogP contribution in [0.1, 0.15) is 22.6 Å². The predicted molar refractivity (Wildman–Crippen MR) is 94.3 cm³/mol. The van der Waals surface area contributed by atoms with E-state index < -0.39 is 0 Å². The zero-order chi connectivity index (χ0) is 17.1. The molecule has 0 spiro atoms. The van der Waals surface area contributed by atoms with Crippen molar-refractivity contribution in [3.05, 3.63) is 60.3 Å². The number of benzene rings is 1. The molecule has 1 N–H and O–H groups in total. The number of ether oxygens (including phenoxy) is 1. The van der Waals surface area contributed by atoms with E-state index in [4.69, 9.17) is 4.74 Å². The first-order chi connectivity index (χ1) is 12.3. The van der Waals surface area contributed by atoms with E-state index >= 15 is 0 Å². The molecule has 4 rings (SSSR count). The Labute approximate surface area is 145 Å². The average Bonchev–Trinajstić information content (AvgIpc) is 3.11. The molecule has 1 saturated heterocycles. The molecule has 25 heavy (non-hydrogen) atoms. The highest BCUT2D eigenvalue weighted by Gasteiger charge is 2.25. The predicted octanol–water partition coefficient (Wildman–Crippen LogP) is 2.43. The molecule has 1 aliphatic heterocycles. The van der Waals surface area contributed by atoms with Gasteiger partial charge < -0.3 is 14.6 Å². The van der Waals surface area contributed by atoms with Crippen LogP contribution in [-0.2, 0) is 11.2 Å². The summed E-state index contributed by atoms with van der Waals surface area (Å²) in [5.74, 6) is 0.0338. The van der Waals surface area contributed by atoms with Crippen molar-refractivity contribution >= 4 is 16.8 Å². The number of rotatable bonds is 4. The molecule has 128 valence electrons. The topological polar surface area (TPSA) is 71.1 Å². The first kappa shape index (κ1) is 15.8. The number of fused-ring (bicyclic) bond motifs is 1. The molecular formula is C19H20N4O2. The van der Waals surface area contributed by atoms with Crippen molar-refractivity contribution in [3.63, 3.8) is 0 Å². The number of amides is 1. The summed E-state index contributed by atoms with van der Waals surface area (Å²) in [5, 5.41) is 1.06. The molecule has 1 amide bonds. The van der Waals surface area contributed by atoms with Crippen LogP contribution in [0, 0.1) is 0 Å². The molecular weight excluding hydrogens is 316 g/mol. The lowest BCUT2D eigenvalue weighted by Crippen LogP contribution is -2.45. The van der Waals surface area contributed by atoms with E-state index in [0.717, 1.165) is 29.4 Å². The van der Waals surface area contributed by atoms with Gasteiger partial charge in [-0.1, -0.05) is 18.2 Å². The molecule has 0 radical (unpaired) electrons. The molecule has 6 heteroatoms. The summed E-state index contributed by atoms with van der Waals surface area (Å²) < 4.78 is 5.83. The summed E-state index contributed by atoms with van der Waals surface area (Å²) >= 11 is 0. The Kier molecular flexibility index (Phi) is 4.43. The normalized spacial score (nSPS) is 17.8. The van der Waals surface area contributed by atoms with Crippen molar-refractivity contribution in [2.24, 2.45) is 0 Å². The van der Waals surface area contributed by atoms with E-state index in [1.54, 1.807) is 12.5 Å². The molecule has 1 fully saturated rings. The van der Waals surface area contributed by atoms with Crippen molar-refractivity contribution in [2.75, 3.05) is 19.7 Å². The summed E-state index contributed by atoms with van der Waals surface area (Å²) in [4.78, 5) is 26.1. The molecule has 1 atom stereocenters. The van der Waals surface area contributed by atoms with E-state index in [-0.39, 0.29) is 12.0 Å². The quantitative estimate of drug-likeness (QED) is 0.794. The summed E-state index contributed by atoms with van der Waals surface area (Å²) in [6.45, 7) is 1.80. The number of aromatic nitrogens is 3.